The fraction of sp³-hybridized carbons (Fsp3) is 0.438. The number of nitrogens with zero attached hydrogens (tertiary/aromatic N) is 4. The average molecular weight is 344 g/mol. The van der Waals surface area contributed by atoms with Crippen LogP contribution < -0.4 is 10.9 Å². The number of H-pyrrole nitrogens is 1. The van der Waals surface area contributed by atoms with Gasteiger partial charge in [-0.25, -0.2) is 4.98 Å². The van der Waals surface area contributed by atoms with E-state index in [0.717, 1.165) is 6.42 Å². The Bertz CT molecular complexity index is 982. The third-order valence-electron chi connectivity index (χ3n) is 3.78. The molecule has 0 aliphatic carbocycles. The molecule has 0 saturated heterocycles. The first kappa shape index (κ1) is 16.9. The SMILES string of the molecule is CCc1c(C)nc2nc(NC(=O)c3cc(CC(C)C)no3)[nH]n2c1=O. The minimum atomic E-state index is -0.498. The molecule has 0 aliphatic heterocycles. The molecule has 25 heavy (non-hydrogen) atoms. The van der Waals surface area contributed by atoms with Gasteiger partial charge in [-0.15, -0.1) is 0 Å². The smallest absolute Gasteiger partial charge is 0.296 e. The molecule has 3 aromatic heterocycles. The Morgan fingerprint density at radius 3 is 2.84 bits per heavy atom. The van der Waals surface area contributed by atoms with E-state index < -0.39 is 5.91 Å². The number of aryl methyl sites for hydroxylation is 1. The second-order valence-corrected chi connectivity index (χ2v) is 6.28. The predicted molar refractivity (Wildman–Crippen MR) is 90.7 cm³/mol. The van der Waals surface area contributed by atoms with E-state index in [0.29, 0.717) is 29.3 Å². The van der Waals surface area contributed by atoms with Gasteiger partial charge in [0, 0.05) is 11.6 Å². The van der Waals surface area contributed by atoms with Crippen LogP contribution in [0.4, 0.5) is 5.95 Å². The highest BCUT2D eigenvalue weighted by molar-refractivity contribution is 6.01. The molecule has 0 saturated carbocycles. The highest BCUT2D eigenvalue weighted by Gasteiger charge is 2.17. The second-order valence-electron chi connectivity index (χ2n) is 6.28. The van der Waals surface area contributed by atoms with Gasteiger partial charge in [0.25, 0.3) is 17.2 Å². The number of aromatic amines is 1. The summed E-state index contributed by atoms with van der Waals surface area (Å²) in [7, 11) is 0. The third kappa shape index (κ3) is 3.30. The van der Waals surface area contributed by atoms with Gasteiger partial charge in [-0.3, -0.25) is 20.0 Å². The lowest BCUT2D eigenvalue weighted by molar-refractivity contribution is 0.0987. The number of hydrogen-bond donors (Lipinski definition) is 2. The maximum absolute atomic E-state index is 12.4. The molecule has 3 rings (SSSR count). The molecule has 0 unspecified atom stereocenters. The fourth-order valence-corrected chi connectivity index (χ4v) is 2.62. The van der Waals surface area contributed by atoms with E-state index in [1.807, 2.05) is 6.92 Å². The molecule has 0 bridgehead atoms. The highest BCUT2D eigenvalue weighted by Crippen LogP contribution is 2.11. The van der Waals surface area contributed by atoms with E-state index in [-0.39, 0.29) is 23.0 Å². The van der Waals surface area contributed by atoms with E-state index in [9.17, 15) is 9.59 Å². The molecule has 2 N–H and O–H groups in total. The summed E-state index contributed by atoms with van der Waals surface area (Å²) in [6, 6.07) is 1.60. The van der Waals surface area contributed by atoms with Crippen molar-refractivity contribution < 1.29 is 9.32 Å². The zero-order chi connectivity index (χ0) is 18.1. The van der Waals surface area contributed by atoms with Gasteiger partial charge in [-0.05, 0) is 25.7 Å². The lowest BCUT2D eigenvalue weighted by Crippen LogP contribution is -2.21. The molecular formula is C16H20N6O3. The van der Waals surface area contributed by atoms with Crippen LogP contribution in [-0.4, -0.2) is 30.6 Å². The van der Waals surface area contributed by atoms with Gasteiger partial charge in [-0.1, -0.05) is 25.9 Å². The van der Waals surface area contributed by atoms with Gasteiger partial charge >= 0.3 is 0 Å². The summed E-state index contributed by atoms with van der Waals surface area (Å²) in [5, 5.41) is 9.18. The summed E-state index contributed by atoms with van der Waals surface area (Å²) < 4.78 is 6.28. The molecule has 132 valence electrons. The van der Waals surface area contributed by atoms with Crippen molar-refractivity contribution >= 4 is 17.6 Å². The summed E-state index contributed by atoms with van der Waals surface area (Å²) >= 11 is 0. The molecule has 1 amide bonds. The van der Waals surface area contributed by atoms with Crippen LogP contribution in [0, 0.1) is 12.8 Å². The quantitative estimate of drug-likeness (QED) is 0.727. The van der Waals surface area contributed by atoms with E-state index in [4.69, 9.17) is 4.52 Å². The Balaban J connectivity index is 1.85. The van der Waals surface area contributed by atoms with Crippen molar-refractivity contribution in [2.24, 2.45) is 5.92 Å². The van der Waals surface area contributed by atoms with Gasteiger partial charge in [0.05, 0.1) is 11.4 Å². The van der Waals surface area contributed by atoms with Crippen LogP contribution in [0.3, 0.4) is 0 Å². The topological polar surface area (TPSA) is 118 Å². The largest absolute Gasteiger partial charge is 0.351 e. The van der Waals surface area contributed by atoms with E-state index >= 15 is 0 Å². The number of aromatic nitrogens is 5. The molecule has 0 atom stereocenters. The molecule has 0 aliphatic rings. The van der Waals surface area contributed by atoms with Crippen molar-refractivity contribution in [2.45, 2.75) is 40.5 Å². The number of carbonyl (C=O) groups is 1. The zero-order valence-electron chi connectivity index (χ0n) is 14.6. The first-order chi connectivity index (χ1) is 11.9. The van der Waals surface area contributed by atoms with Crippen LogP contribution in [0.25, 0.3) is 5.78 Å². The molecular weight excluding hydrogens is 324 g/mol. The lowest BCUT2D eigenvalue weighted by Gasteiger charge is -2.00. The Hall–Kier alpha value is -2.97. The number of hydrogen-bond acceptors (Lipinski definition) is 6. The minimum absolute atomic E-state index is 0.0850. The molecule has 0 aromatic carbocycles. The van der Waals surface area contributed by atoms with Crippen LogP contribution >= 0.6 is 0 Å². The van der Waals surface area contributed by atoms with E-state index in [1.54, 1.807) is 13.0 Å². The summed E-state index contributed by atoms with van der Waals surface area (Å²) in [4.78, 5) is 33.0. The predicted octanol–water partition coefficient (Wildman–Crippen LogP) is 1.73. The third-order valence-corrected chi connectivity index (χ3v) is 3.78. The van der Waals surface area contributed by atoms with Crippen LogP contribution in [0.15, 0.2) is 15.4 Å². The molecule has 0 spiro atoms. The Labute approximate surface area is 143 Å². The maximum atomic E-state index is 12.4. The lowest BCUT2D eigenvalue weighted by atomic mass is 10.1. The summed E-state index contributed by atoms with van der Waals surface area (Å²) in [5.74, 6) is 0.311. The van der Waals surface area contributed by atoms with Crippen LogP contribution in [0.1, 0.15) is 48.3 Å². The van der Waals surface area contributed by atoms with Crippen molar-refractivity contribution in [3.05, 3.63) is 39.1 Å². The summed E-state index contributed by atoms with van der Waals surface area (Å²) in [5.41, 5.74) is 1.72. The normalized spacial score (nSPS) is 11.4. The van der Waals surface area contributed by atoms with E-state index in [1.165, 1.54) is 4.52 Å². The summed E-state index contributed by atoms with van der Waals surface area (Å²) in [6.07, 6.45) is 1.29. The number of nitrogens with one attached hydrogen (secondary N) is 2. The maximum Gasteiger partial charge on any atom is 0.296 e. The number of amides is 1. The number of rotatable bonds is 5. The fourth-order valence-electron chi connectivity index (χ4n) is 2.62. The van der Waals surface area contributed by atoms with Gasteiger partial charge in [-0.2, -0.15) is 9.50 Å². The number of anilines is 1. The molecule has 3 aromatic rings. The Kier molecular flexibility index (Phi) is 4.39. The van der Waals surface area contributed by atoms with Gasteiger partial charge in [0.1, 0.15) is 0 Å². The van der Waals surface area contributed by atoms with Crippen molar-refractivity contribution in [1.82, 2.24) is 24.7 Å². The van der Waals surface area contributed by atoms with Crippen molar-refractivity contribution in [1.29, 1.82) is 0 Å². The first-order valence-electron chi connectivity index (χ1n) is 8.14. The number of carbonyl (C=O) groups excluding carboxylic acids is 1. The molecule has 0 fully saturated rings. The van der Waals surface area contributed by atoms with Crippen LogP contribution in [0.2, 0.25) is 0 Å². The standard InChI is InChI=1S/C16H20N6O3/c1-5-11-9(4)17-16-19-15(20-22(16)14(11)24)18-13(23)12-7-10(21-25-12)6-8(2)3/h7-8H,5-6H2,1-4H3,(H2,17,18,19,20,23). The monoisotopic (exact) mass is 344 g/mol. The van der Waals surface area contributed by atoms with Crippen molar-refractivity contribution in [2.75, 3.05) is 5.32 Å². The van der Waals surface area contributed by atoms with E-state index in [2.05, 4.69) is 39.4 Å². The van der Waals surface area contributed by atoms with Crippen molar-refractivity contribution in [3.63, 3.8) is 0 Å². The Morgan fingerprint density at radius 1 is 1.40 bits per heavy atom. The molecule has 9 heteroatoms. The first-order valence-corrected chi connectivity index (χ1v) is 8.14. The highest BCUT2D eigenvalue weighted by atomic mass is 16.5. The molecule has 9 nitrogen and oxygen atoms in total. The van der Waals surface area contributed by atoms with Crippen LogP contribution in [-0.2, 0) is 12.8 Å². The summed E-state index contributed by atoms with van der Waals surface area (Å²) in [6.45, 7) is 7.76. The number of fused-ring (bicyclic) bond motifs is 1. The molecule has 3 heterocycles. The average Bonchev–Trinajstić information content (AvgIpc) is 3.14. The zero-order valence-corrected chi connectivity index (χ0v) is 14.6. The minimum Gasteiger partial charge on any atom is -0.351 e. The van der Waals surface area contributed by atoms with Crippen molar-refractivity contribution in [3.8, 4) is 0 Å². The second kappa shape index (κ2) is 6.50. The van der Waals surface area contributed by atoms with Crippen LogP contribution in [0.5, 0.6) is 0 Å². The Morgan fingerprint density at radius 2 is 2.16 bits per heavy atom. The van der Waals surface area contributed by atoms with Gasteiger partial charge in [0.15, 0.2) is 0 Å². The molecule has 0 radical (unpaired) electrons. The van der Waals surface area contributed by atoms with Gasteiger partial charge < -0.3 is 4.52 Å². The van der Waals surface area contributed by atoms with Gasteiger partial charge in [0.2, 0.25) is 11.7 Å².